The number of benzene rings is 1. The lowest BCUT2D eigenvalue weighted by molar-refractivity contribution is 0.102. The number of aromatic nitrogens is 2. The highest BCUT2D eigenvalue weighted by Gasteiger charge is 2.17. The standard InChI is InChI=1S/C18H21ClN4O3/c1-11-8-15(16(25-2)9-13(11)19)22-17(24)14-5-6-20-18(23-14)21-10-12-4-3-7-26-12/h5-6,8-9,12H,3-4,7,10H2,1-2H3,(H,22,24)(H,20,21,23). The van der Waals surface area contributed by atoms with E-state index in [-0.39, 0.29) is 17.7 Å². The molecule has 138 valence electrons. The second-order valence-corrected chi connectivity index (χ2v) is 6.44. The number of nitrogens with one attached hydrogen (secondary N) is 2. The quantitative estimate of drug-likeness (QED) is 0.804. The van der Waals surface area contributed by atoms with Gasteiger partial charge in [0.2, 0.25) is 5.95 Å². The summed E-state index contributed by atoms with van der Waals surface area (Å²) in [6.45, 7) is 3.27. The van der Waals surface area contributed by atoms with E-state index in [0.717, 1.165) is 25.0 Å². The number of hydrogen-bond donors (Lipinski definition) is 2. The van der Waals surface area contributed by atoms with Gasteiger partial charge in [-0.05, 0) is 37.5 Å². The maximum atomic E-state index is 12.5. The van der Waals surface area contributed by atoms with Gasteiger partial charge in [-0.25, -0.2) is 9.97 Å². The monoisotopic (exact) mass is 376 g/mol. The first kappa shape index (κ1) is 18.4. The summed E-state index contributed by atoms with van der Waals surface area (Å²) >= 11 is 6.10. The van der Waals surface area contributed by atoms with E-state index in [1.165, 1.54) is 7.11 Å². The van der Waals surface area contributed by atoms with Crippen LogP contribution in [0.1, 0.15) is 28.9 Å². The molecule has 7 nitrogen and oxygen atoms in total. The zero-order valence-electron chi connectivity index (χ0n) is 14.7. The molecule has 0 saturated carbocycles. The van der Waals surface area contributed by atoms with Crippen LogP contribution in [0.15, 0.2) is 24.4 Å². The largest absolute Gasteiger partial charge is 0.495 e. The van der Waals surface area contributed by atoms with Crippen LogP contribution >= 0.6 is 11.6 Å². The van der Waals surface area contributed by atoms with Crippen molar-refractivity contribution >= 4 is 29.1 Å². The molecule has 0 bridgehead atoms. The zero-order chi connectivity index (χ0) is 18.5. The molecule has 1 aliphatic heterocycles. The smallest absolute Gasteiger partial charge is 0.274 e. The number of aryl methyl sites for hydroxylation is 1. The number of carbonyl (C=O) groups excluding carboxylic acids is 1. The SMILES string of the molecule is COc1cc(Cl)c(C)cc1NC(=O)c1ccnc(NCC2CCCO2)n1. The molecule has 1 atom stereocenters. The second-order valence-electron chi connectivity index (χ2n) is 6.04. The predicted octanol–water partition coefficient (Wildman–Crippen LogP) is 3.29. The maximum Gasteiger partial charge on any atom is 0.274 e. The molecule has 2 aromatic rings. The van der Waals surface area contributed by atoms with Crippen molar-refractivity contribution in [1.82, 2.24) is 9.97 Å². The van der Waals surface area contributed by atoms with Crippen molar-refractivity contribution in [2.75, 3.05) is 30.9 Å². The number of rotatable bonds is 6. The fourth-order valence-corrected chi connectivity index (χ4v) is 2.85. The number of nitrogens with zero attached hydrogens (tertiary/aromatic N) is 2. The Morgan fingerprint density at radius 1 is 1.46 bits per heavy atom. The van der Waals surface area contributed by atoms with Gasteiger partial charge in [-0.1, -0.05) is 11.6 Å². The summed E-state index contributed by atoms with van der Waals surface area (Å²) in [5.41, 5.74) is 1.63. The molecule has 1 fully saturated rings. The van der Waals surface area contributed by atoms with E-state index in [1.807, 2.05) is 6.92 Å². The normalized spacial score (nSPS) is 16.3. The molecule has 2 heterocycles. The Kier molecular flexibility index (Phi) is 5.90. The van der Waals surface area contributed by atoms with Crippen LogP contribution in [0.2, 0.25) is 5.02 Å². The predicted molar refractivity (Wildman–Crippen MR) is 100 cm³/mol. The van der Waals surface area contributed by atoms with Gasteiger partial charge in [0, 0.05) is 30.4 Å². The van der Waals surface area contributed by atoms with Crippen LogP contribution in [0.25, 0.3) is 0 Å². The van der Waals surface area contributed by atoms with Gasteiger partial charge in [0.15, 0.2) is 0 Å². The number of amides is 1. The van der Waals surface area contributed by atoms with Crippen molar-refractivity contribution in [3.8, 4) is 5.75 Å². The Balaban J connectivity index is 1.70. The van der Waals surface area contributed by atoms with Crippen LogP contribution in [0.4, 0.5) is 11.6 Å². The van der Waals surface area contributed by atoms with E-state index < -0.39 is 0 Å². The lowest BCUT2D eigenvalue weighted by Crippen LogP contribution is -2.21. The van der Waals surface area contributed by atoms with Crippen LogP contribution in [-0.4, -0.2) is 42.2 Å². The number of hydrogen-bond acceptors (Lipinski definition) is 6. The third-order valence-electron chi connectivity index (χ3n) is 4.13. The van der Waals surface area contributed by atoms with Crippen LogP contribution in [-0.2, 0) is 4.74 Å². The van der Waals surface area contributed by atoms with Gasteiger partial charge < -0.3 is 20.1 Å². The van der Waals surface area contributed by atoms with Crippen molar-refractivity contribution in [3.05, 3.63) is 40.7 Å². The van der Waals surface area contributed by atoms with E-state index in [4.69, 9.17) is 21.1 Å². The second kappa shape index (κ2) is 8.33. The van der Waals surface area contributed by atoms with Crippen LogP contribution in [0, 0.1) is 6.92 Å². The first-order valence-corrected chi connectivity index (χ1v) is 8.78. The number of ether oxygens (including phenoxy) is 2. The topological polar surface area (TPSA) is 85.4 Å². The molecule has 1 aromatic heterocycles. The zero-order valence-corrected chi connectivity index (χ0v) is 15.5. The Morgan fingerprint density at radius 3 is 3.04 bits per heavy atom. The van der Waals surface area contributed by atoms with Crippen LogP contribution in [0.5, 0.6) is 5.75 Å². The van der Waals surface area contributed by atoms with E-state index in [0.29, 0.717) is 29.0 Å². The van der Waals surface area contributed by atoms with Crippen molar-refractivity contribution in [3.63, 3.8) is 0 Å². The Hall–Kier alpha value is -2.38. The molecule has 1 aromatic carbocycles. The molecule has 3 rings (SSSR count). The Morgan fingerprint density at radius 2 is 2.31 bits per heavy atom. The summed E-state index contributed by atoms with van der Waals surface area (Å²) < 4.78 is 10.8. The molecule has 0 spiro atoms. The Labute approximate surface area is 157 Å². The van der Waals surface area contributed by atoms with E-state index in [9.17, 15) is 4.79 Å². The third-order valence-corrected chi connectivity index (χ3v) is 4.54. The molecule has 0 radical (unpaired) electrons. The van der Waals surface area contributed by atoms with Crippen LogP contribution < -0.4 is 15.4 Å². The molecule has 1 amide bonds. The van der Waals surface area contributed by atoms with Gasteiger partial charge in [0.1, 0.15) is 11.4 Å². The van der Waals surface area contributed by atoms with Gasteiger partial charge in [-0.15, -0.1) is 0 Å². The number of methoxy groups -OCH3 is 1. The van der Waals surface area contributed by atoms with Crippen LogP contribution in [0.3, 0.4) is 0 Å². The number of carbonyl (C=O) groups is 1. The first-order chi connectivity index (χ1) is 12.6. The maximum absolute atomic E-state index is 12.5. The van der Waals surface area contributed by atoms with Crippen molar-refractivity contribution < 1.29 is 14.3 Å². The van der Waals surface area contributed by atoms with Gasteiger partial charge >= 0.3 is 0 Å². The molecule has 0 aliphatic carbocycles. The molecule has 1 unspecified atom stereocenters. The molecule has 1 saturated heterocycles. The van der Waals surface area contributed by atoms with Crippen molar-refractivity contribution in [2.45, 2.75) is 25.9 Å². The molecule has 26 heavy (non-hydrogen) atoms. The summed E-state index contributed by atoms with van der Waals surface area (Å²) in [5.74, 6) is 0.528. The highest BCUT2D eigenvalue weighted by atomic mass is 35.5. The fourth-order valence-electron chi connectivity index (χ4n) is 2.70. The average molecular weight is 377 g/mol. The summed E-state index contributed by atoms with van der Waals surface area (Å²) in [6.07, 6.45) is 3.79. The van der Waals surface area contributed by atoms with Gasteiger partial charge in [0.25, 0.3) is 5.91 Å². The minimum absolute atomic E-state index is 0.164. The minimum Gasteiger partial charge on any atom is -0.495 e. The number of anilines is 2. The fraction of sp³-hybridized carbons (Fsp3) is 0.389. The summed E-state index contributed by atoms with van der Waals surface area (Å²) in [6, 6.07) is 4.99. The highest BCUT2D eigenvalue weighted by molar-refractivity contribution is 6.31. The summed E-state index contributed by atoms with van der Waals surface area (Å²) in [7, 11) is 1.52. The first-order valence-electron chi connectivity index (χ1n) is 8.41. The molecule has 2 N–H and O–H groups in total. The highest BCUT2D eigenvalue weighted by Crippen LogP contribution is 2.31. The van der Waals surface area contributed by atoms with E-state index in [1.54, 1.807) is 24.4 Å². The van der Waals surface area contributed by atoms with Gasteiger partial charge in [0.05, 0.1) is 18.9 Å². The summed E-state index contributed by atoms with van der Waals surface area (Å²) in [5, 5.41) is 6.49. The molecule has 8 heteroatoms. The van der Waals surface area contributed by atoms with Gasteiger partial charge in [-0.2, -0.15) is 0 Å². The van der Waals surface area contributed by atoms with Crippen molar-refractivity contribution in [2.24, 2.45) is 0 Å². The Bertz CT molecular complexity index is 794. The molecular weight excluding hydrogens is 356 g/mol. The average Bonchev–Trinajstić information content (AvgIpc) is 3.16. The lowest BCUT2D eigenvalue weighted by Gasteiger charge is -2.13. The molecule has 1 aliphatic rings. The van der Waals surface area contributed by atoms with E-state index >= 15 is 0 Å². The third kappa shape index (κ3) is 4.42. The summed E-state index contributed by atoms with van der Waals surface area (Å²) in [4.78, 5) is 21.0. The lowest BCUT2D eigenvalue weighted by atomic mass is 10.2. The van der Waals surface area contributed by atoms with E-state index in [2.05, 4.69) is 20.6 Å². The van der Waals surface area contributed by atoms with Crippen molar-refractivity contribution in [1.29, 1.82) is 0 Å². The minimum atomic E-state index is -0.354. The molecular formula is C18H21ClN4O3. The number of halogens is 1. The van der Waals surface area contributed by atoms with Gasteiger partial charge in [-0.3, -0.25) is 4.79 Å².